The van der Waals surface area contributed by atoms with Crippen molar-refractivity contribution in [2.75, 3.05) is 13.6 Å². The quantitative estimate of drug-likeness (QED) is 0.937. The Labute approximate surface area is 141 Å². The number of carbonyl (C=O) groups is 1. The Hall–Kier alpha value is -2.40. The molecule has 1 aliphatic rings. The van der Waals surface area contributed by atoms with Crippen molar-refractivity contribution < 1.29 is 13.9 Å². The highest BCUT2D eigenvalue weighted by Crippen LogP contribution is 2.20. The second-order valence-corrected chi connectivity index (χ2v) is 6.07. The number of carbonyl (C=O) groups excluding carboxylic acids is 1. The first-order valence-corrected chi connectivity index (χ1v) is 8.03. The maximum atomic E-state index is 12.9. The van der Waals surface area contributed by atoms with Crippen LogP contribution >= 0.6 is 0 Å². The summed E-state index contributed by atoms with van der Waals surface area (Å²) in [5.74, 6) is -0.281. The van der Waals surface area contributed by atoms with Crippen molar-refractivity contribution in [2.24, 2.45) is 0 Å². The fraction of sp³-hybridized carbons (Fsp3) is 0.316. The molecule has 0 bridgehead atoms. The van der Waals surface area contributed by atoms with E-state index in [4.69, 9.17) is 4.74 Å². The molecule has 24 heavy (non-hydrogen) atoms. The molecule has 2 aromatic carbocycles. The van der Waals surface area contributed by atoms with Gasteiger partial charge in [-0.25, -0.2) is 9.18 Å². The molecule has 1 atom stereocenters. The van der Waals surface area contributed by atoms with Gasteiger partial charge in [-0.3, -0.25) is 0 Å². The van der Waals surface area contributed by atoms with Crippen molar-refractivity contribution >= 4 is 6.03 Å². The number of amides is 2. The van der Waals surface area contributed by atoms with Crippen LogP contribution in [0.3, 0.4) is 0 Å². The number of halogens is 1. The zero-order valence-electron chi connectivity index (χ0n) is 13.7. The van der Waals surface area contributed by atoms with Crippen molar-refractivity contribution in [2.45, 2.75) is 25.7 Å². The van der Waals surface area contributed by atoms with E-state index >= 15 is 0 Å². The number of likely N-dealkylation sites (N-methyl/N-ethyl adjacent to an activating group) is 1. The van der Waals surface area contributed by atoms with Gasteiger partial charge in [0.15, 0.2) is 0 Å². The summed E-state index contributed by atoms with van der Waals surface area (Å²) in [5, 5.41) is 2.84. The molecule has 0 fully saturated rings. The highest BCUT2D eigenvalue weighted by Gasteiger charge is 2.21. The summed E-state index contributed by atoms with van der Waals surface area (Å²) < 4.78 is 18.7. The molecule has 2 amide bonds. The minimum Gasteiger partial charge on any atom is -0.371 e. The summed E-state index contributed by atoms with van der Waals surface area (Å²) in [6.45, 7) is 1.49. The predicted molar refractivity (Wildman–Crippen MR) is 90.0 cm³/mol. The van der Waals surface area contributed by atoms with E-state index in [1.165, 1.54) is 23.3 Å². The molecule has 1 unspecified atom stereocenters. The third-order valence-electron chi connectivity index (χ3n) is 4.22. The van der Waals surface area contributed by atoms with Crippen molar-refractivity contribution in [3.05, 3.63) is 71.0 Å². The fourth-order valence-corrected chi connectivity index (χ4v) is 2.83. The predicted octanol–water partition coefficient (Wildman–Crippen LogP) is 3.11. The van der Waals surface area contributed by atoms with Gasteiger partial charge in [0.1, 0.15) is 5.82 Å². The SMILES string of the molecule is CN(CC1Cc2ccccc2CO1)C(=O)NCc1ccc(F)cc1. The molecule has 0 spiro atoms. The lowest BCUT2D eigenvalue weighted by Gasteiger charge is -2.29. The highest BCUT2D eigenvalue weighted by atomic mass is 19.1. The van der Waals surface area contributed by atoms with E-state index < -0.39 is 0 Å². The molecule has 0 saturated heterocycles. The molecule has 2 aromatic rings. The molecular formula is C19H21FN2O2. The standard InChI is InChI=1S/C19H21FN2O2/c1-22(19(23)21-11-14-6-8-17(20)9-7-14)12-18-10-15-4-2-3-5-16(15)13-24-18/h2-9,18H,10-13H2,1H3,(H,21,23). The van der Waals surface area contributed by atoms with Gasteiger partial charge in [0.25, 0.3) is 0 Å². The maximum absolute atomic E-state index is 12.9. The molecule has 0 aromatic heterocycles. The van der Waals surface area contributed by atoms with Crippen LogP contribution in [0.15, 0.2) is 48.5 Å². The van der Waals surface area contributed by atoms with Gasteiger partial charge < -0.3 is 15.0 Å². The Kier molecular flexibility index (Phi) is 5.11. The van der Waals surface area contributed by atoms with E-state index in [1.54, 1.807) is 24.1 Å². The highest BCUT2D eigenvalue weighted by molar-refractivity contribution is 5.73. The van der Waals surface area contributed by atoms with E-state index in [0.717, 1.165) is 12.0 Å². The van der Waals surface area contributed by atoms with Crippen LogP contribution in [0.2, 0.25) is 0 Å². The number of nitrogens with one attached hydrogen (secondary N) is 1. The van der Waals surface area contributed by atoms with Crippen molar-refractivity contribution in [3.8, 4) is 0 Å². The van der Waals surface area contributed by atoms with Crippen LogP contribution in [0, 0.1) is 5.82 Å². The zero-order valence-corrected chi connectivity index (χ0v) is 13.7. The summed E-state index contributed by atoms with van der Waals surface area (Å²) in [4.78, 5) is 13.8. The topological polar surface area (TPSA) is 41.6 Å². The van der Waals surface area contributed by atoms with Crippen LogP contribution in [-0.2, 0) is 24.3 Å². The third kappa shape index (κ3) is 4.11. The molecule has 1 aliphatic heterocycles. The fourth-order valence-electron chi connectivity index (χ4n) is 2.83. The van der Waals surface area contributed by atoms with Crippen molar-refractivity contribution in [1.29, 1.82) is 0 Å². The van der Waals surface area contributed by atoms with Gasteiger partial charge in [-0.2, -0.15) is 0 Å². The average Bonchev–Trinajstić information content (AvgIpc) is 2.61. The van der Waals surface area contributed by atoms with Gasteiger partial charge in [0.2, 0.25) is 0 Å². The number of ether oxygens (including phenoxy) is 1. The van der Waals surface area contributed by atoms with Gasteiger partial charge >= 0.3 is 6.03 Å². The molecule has 0 radical (unpaired) electrons. The second-order valence-electron chi connectivity index (χ2n) is 6.07. The lowest BCUT2D eigenvalue weighted by molar-refractivity contribution is 0.0150. The summed E-state index contributed by atoms with van der Waals surface area (Å²) in [6, 6.07) is 14.2. The summed E-state index contributed by atoms with van der Waals surface area (Å²) in [6.07, 6.45) is 0.813. The van der Waals surface area contributed by atoms with E-state index in [-0.39, 0.29) is 18.0 Å². The molecule has 1 heterocycles. The van der Waals surface area contributed by atoms with Crippen LogP contribution in [0.25, 0.3) is 0 Å². The smallest absolute Gasteiger partial charge is 0.317 e. The molecule has 1 N–H and O–H groups in total. The Balaban J connectivity index is 1.49. The van der Waals surface area contributed by atoms with Crippen LogP contribution in [0.5, 0.6) is 0 Å². The summed E-state index contributed by atoms with van der Waals surface area (Å²) in [7, 11) is 1.75. The van der Waals surface area contributed by atoms with Gasteiger partial charge in [-0.15, -0.1) is 0 Å². The number of nitrogens with zero attached hydrogens (tertiary/aromatic N) is 1. The van der Waals surface area contributed by atoms with Crippen LogP contribution in [0.4, 0.5) is 9.18 Å². The number of benzene rings is 2. The largest absolute Gasteiger partial charge is 0.371 e. The number of rotatable bonds is 4. The monoisotopic (exact) mass is 328 g/mol. The average molecular weight is 328 g/mol. The minimum absolute atomic E-state index is 0.00136. The first kappa shape index (κ1) is 16.5. The van der Waals surface area contributed by atoms with Gasteiger partial charge in [-0.1, -0.05) is 36.4 Å². The van der Waals surface area contributed by atoms with Crippen molar-refractivity contribution in [3.63, 3.8) is 0 Å². The molecule has 4 nitrogen and oxygen atoms in total. The molecule has 3 rings (SSSR count). The number of hydrogen-bond acceptors (Lipinski definition) is 2. The van der Waals surface area contributed by atoms with Gasteiger partial charge in [-0.05, 0) is 28.8 Å². The molecule has 0 saturated carbocycles. The van der Waals surface area contributed by atoms with Gasteiger partial charge in [0, 0.05) is 26.6 Å². The molecule has 5 heteroatoms. The Bertz CT molecular complexity index is 703. The van der Waals surface area contributed by atoms with Gasteiger partial charge in [0.05, 0.1) is 12.7 Å². The maximum Gasteiger partial charge on any atom is 0.317 e. The number of fused-ring (bicyclic) bond motifs is 1. The van der Waals surface area contributed by atoms with Crippen LogP contribution < -0.4 is 5.32 Å². The first-order chi connectivity index (χ1) is 11.6. The second kappa shape index (κ2) is 7.45. The summed E-state index contributed by atoms with van der Waals surface area (Å²) >= 11 is 0. The van der Waals surface area contributed by atoms with E-state index in [0.29, 0.717) is 19.7 Å². The Morgan fingerprint density at radius 2 is 1.92 bits per heavy atom. The van der Waals surface area contributed by atoms with Crippen LogP contribution in [0.1, 0.15) is 16.7 Å². The van der Waals surface area contributed by atoms with E-state index in [1.807, 2.05) is 12.1 Å². The Morgan fingerprint density at radius 1 is 1.21 bits per heavy atom. The molecule has 126 valence electrons. The van der Waals surface area contributed by atoms with E-state index in [9.17, 15) is 9.18 Å². The third-order valence-corrected chi connectivity index (χ3v) is 4.22. The van der Waals surface area contributed by atoms with E-state index in [2.05, 4.69) is 17.4 Å². The number of hydrogen-bond donors (Lipinski definition) is 1. The van der Waals surface area contributed by atoms with Crippen molar-refractivity contribution in [1.82, 2.24) is 10.2 Å². The molecular weight excluding hydrogens is 307 g/mol. The lowest BCUT2D eigenvalue weighted by Crippen LogP contribution is -2.43. The number of urea groups is 1. The normalized spacial score (nSPS) is 16.3. The first-order valence-electron chi connectivity index (χ1n) is 8.03. The molecule has 0 aliphatic carbocycles. The zero-order chi connectivity index (χ0) is 16.9. The Morgan fingerprint density at radius 3 is 2.67 bits per heavy atom. The summed E-state index contributed by atoms with van der Waals surface area (Å²) in [5.41, 5.74) is 3.37. The van der Waals surface area contributed by atoms with Crippen LogP contribution in [-0.4, -0.2) is 30.6 Å². The minimum atomic E-state index is -0.281. The lowest BCUT2D eigenvalue weighted by atomic mass is 9.99.